The third-order valence-corrected chi connectivity index (χ3v) is 2.18. The predicted octanol–water partition coefficient (Wildman–Crippen LogP) is 1.38. The molecule has 0 spiro atoms. The Morgan fingerprint density at radius 1 is 1.46 bits per heavy atom. The van der Waals surface area contributed by atoms with Gasteiger partial charge in [-0.2, -0.15) is 5.26 Å². The van der Waals surface area contributed by atoms with Gasteiger partial charge < -0.3 is 5.32 Å². The maximum atomic E-state index is 11.3. The number of nitrogens with zero attached hydrogens (tertiary/aromatic N) is 1. The molecule has 1 aromatic rings. The van der Waals surface area contributed by atoms with Crippen LogP contribution >= 0.6 is 0 Å². The van der Waals surface area contributed by atoms with E-state index in [1.54, 1.807) is 6.07 Å². The van der Waals surface area contributed by atoms with E-state index in [2.05, 4.69) is 11.4 Å². The first-order chi connectivity index (χ1) is 6.33. The predicted molar refractivity (Wildman–Crippen MR) is 46.9 cm³/mol. The van der Waals surface area contributed by atoms with Gasteiger partial charge in [0.25, 0.3) is 5.91 Å². The van der Waals surface area contributed by atoms with Gasteiger partial charge in [-0.3, -0.25) is 4.79 Å². The quantitative estimate of drug-likeness (QED) is 0.695. The van der Waals surface area contributed by atoms with E-state index in [0.29, 0.717) is 12.0 Å². The van der Waals surface area contributed by atoms with Crippen molar-refractivity contribution in [1.29, 1.82) is 5.26 Å². The van der Waals surface area contributed by atoms with E-state index in [-0.39, 0.29) is 11.9 Å². The summed E-state index contributed by atoms with van der Waals surface area (Å²) in [6.07, 6.45) is 0.336. The minimum atomic E-state index is -0.117. The van der Waals surface area contributed by atoms with Crippen LogP contribution < -0.4 is 5.32 Å². The SMILES string of the molecule is N#CC[C@H]1NC(=O)c2ccccc21. The van der Waals surface area contributed by atoms with E-state index in [0.717, 1.165) is 5.56 Å². The molecule has 0 radical (unpaired) electrons. The molecule has 0 saturated heterocycles. The molecule has 0 aliphatic carbocycles. The topological polar surface area (TPSA) is 52.9 Å². The number of nitrogens with one attached hydrogen (secondary N) is 1. The fourth-order valence-corrected chi connectivity index (χ4v) is 1.57. The van der Waals surface area contributed by atoms with Crippen molar-refractivity contribution in [2.75, 3.05) is 0 Å². The second-order valence-electron chi connectivity index (χ2n) is 2.98. The largest absolute Gasteiger partial charge is 0.344 e. The van der Waals surface area contributed by atoms with Crippen LogP contribution in [0, 0.1) is 11.3 Å². The number of hydrogen-bond donors (Lipinski definition) is 1. The molecule has 1 aliphatic heterocycles. The number of benzene rings is 1. The first-order valence-electron chi connectivity index (χ1n) is 4.09. The van der Waals surface area contributed by atoms with Crippen LogP contribution in [0.3, 0.4) is 0 Å². The van der Waals surface area contributed by atoms with Crippen molar-refractivity contribution >= 4 is 5.91 Å². The second-order valence-corrected chi connectivity index (χ2v) is 2.98. The molecule has 0 aromatic heterocycles. The van der Waals surface area contributed by atoms with Crippen LogP contribution in [0.4, 0.5) is 0 Å². The van der Waals surface area contributed by atoms with Gasteiger partial charge in [0.2, 0.25) is 0 Å². The summed E-state index contributed by atoms with van der Waals surface area (Å²) in [5.41, 5.74) is 1.64. The van der Waals surface area contributed by atoms with Crippen molar-refractivity contribution in [2.45, 2.75) is 12.5 Å². The molecule has 1 aliphatic rings. The number of amides is 1. The highest BCUT2D eigenvalue weighted by Crippen LogP contribution is 2.26. The smallest absolute Gasteiger partial charge is 0.252 e. The molecule has 64 valence electrons. The first kappa shape index (κ1) is 7.81. The number of carbonyl (C=O) groups excluding carboxylic acids is 1. The minimum Gasteiger partial charge on any atom is -0.344 e. The molecule has 1 amide bonds. The van der Waals surface area contributed by atoms with Crippen LogP contribution in [0.5, 0.6) is 0 Å². The molecule has 3 heteroatoms. The van der Waals surface area contributed by atoms with E-state index in [9.17, 15) is 4.79 Å². The zero-order chi connectivity index (χ0) is 9.26. The van der Waals surface area contributed by atoms with Gasteiger partial charge in [0.05, 0.1) is 18.5 Å². The lowest BCUT2D eigenvalue weighted by Crippen LogP contribution is -2.18. The average Bonchev–Trinajstić information content (AvgIpc) is 2.46. The summed E-state index contributed by atoms with van der Waals surface area (Å²) in [5, 5.41) is 11.3. The van der Waals surface area contributed by atoms with Crippen molar-refractivity contribution in [1.82, 2.24) is 5.32 Å². The molecular weight excluding hydrogens is 164 g/mol. The second kappa shape index (κ2) is 2.91. The average molecular weight is 172 g/mol. The van der Waals surface area contributed by atoms with Gasteiger partial charge in [-0.25, -0.2) is 0 Å². The standard InChI is InChI=1S/C10H8N2O/c11-6-5-9-7-3-1-2-4-8(7)10(13)12-9/h1-4,9H,5H2,(H,12,13)/t9-/m1/s1. The highest BCUT2D eigenvalue weighted by molar-refractivity contribution is 5.99. The van der Waals surface area contributed by atoms with Crippen molar-refractivity contribution in [3.8, 4) is 6.07 Å². The molecule has 0 saturated carbocycles. The number of nitriles is 1. The lowest BCUT2D eigenvalue weighted by Gasteiger charge is -2.04. The molecule has 0 bridgehead atoms. The molecule has 2 rings (SSSR count). The maximum Gasteiger partial charge on any atom is 0.252 e. The van der Waals surface area contributed by atoms with Crippen LogP contribution in [0.15, 0.2) is 24.3 Å². The van der Waals surface area contributed by atoms with Crippen molar-refractivity contribution in [3.05, 3.63) is 35.4 Å². The molecule has 0 unspecified atom stereocenters. The number of hydrogen-bond acceptors (Lipinski definition) is 2. The van der Waals surface area contributed by atoms with Gasteiger partial charge in [-0.1, -0.05) is 18.2 Å². The molecule has 1 atom stereocenters. The number of fused-ring (bicyclic) bond motifs is 1. The molecule has 1 heterocycles. The van der Waals surface area contributed by atoms with Gasteiger partial charge in [0, 0.05) is 5.56 Å². The van der Waals surface area contributed by atoms with Crippen LogP contribution in [0.2, 0.25) is 0 Å². The van der Waals surface area contributed by atoms with Crippen molar-refractivity contribution in [2.24, 2.45) is 0 Å². The highest BCUT2D eigenvalue weighted by atomic mass is 16.2. The van der Waals surface area contributed by atoms with Gasteiger partial charge in [-0.05, 0) is 11.6 Å². The molecule has 13 heavy (non-hydrogen) atoms. The Balaban J connectivity index is 2.42. The van der Waals surface area contributed by atoms with Gasteiger partial charge in [-0.15, -0.1) is 0 Å². The van der Waals surface area contributed by atoms with Crippen LogP contribution in [-0.2, 0) is 0 Å². The number of rotatable bonds is 1. The van der Waals surface area contributed by atoms with Crippen molar-refractivity contribution < 1.29 is 4.79 Å². The molecule has 1 N–H and O–H groups in total. The lowest BCUT2D eigenvalue weighted by molar-refractivity contribution is 0.0957. The van der Waals surface area contributed by atoms with E-state index in [4.69, 9.17) is 5.26 Å². The first-order valence-corrected chi connectivity index (χ1v) is 4.09. The van der Waals surface area contributed by atoms with Crippen LogP contribution in [-0.4, -0.2) is 5.91 Å². The fraction of sp³-hybridized carbons (Fsp3) is 0.200. The Labute approximate surface area is 76.0 Å². The summed E-state index contributed by atoms with van der Waals surface area (Å²) in [5.74, 6) is -0.0733. The van der Waals surface area contributed by atoms with E-state index < -0.39 is 0 Å². The third kappa shape index (κ3) is 1.17. The highest BCUT2D eigenvalue weighted by Gasteiger charge is 2.27. The van der Waals surface area contributed by atoms with Gasteiger partial charge >= 0.3 is 0 Å². The Hall–Kier alpha value is -1.82. The van der Waals surface area contributed by atoms with E-state index in [1.807, 2.05) is 18.2 Å². The normalized spacial score (nSPS) is 19.0. The minimum absolute atomic E-state index is 0.0733. The van der Waals surface area contributed by atoms with Gasteiger partial charge in [0.15, 0.2) is 0 Å². The zero-order valence-corrected chi connectivity index (χ0v) is 6.95. The summed E-state index contributed by atoms with van der Waals surface area (Å²) in [7, 11) is 0. The Bertz CT molecular complexity index is 392. The summed E-state index contributed by atoms with van der Waals surface area (Å²) >= 11 is 0. The maximum absolute atomic E-state index is 11.3. The van der Waals surface area contributed by atoms with Crippen LogP contribution in [0.25, 0.3) is 0 Å². The Morgan fingerprint density at radius 2 is 2.23 bits per heavy atom. The summed E-state index contributed by atoms with van der Waals surface area (Å²) in [6, 6.07) is 9.31. The summed E-state index contributed by atoms with van der Waals surface area (Å²) in [4.78, 5) is 11.3. The van der Waals surface area contributed by atoms with Crippen molar-refractivity contribution in [3.63, 3.8) is 0 Å². The summed E-state index contributed by atoms with van der Waals surface area (Å²) < 4.78 is 0. The van der Waals surface area contributed by atoms with Gasteiger partial charge in [0.1, 0.15) is 0 Å². The zero-order valence-electron chi connectivity index (χ0n) is 6.95. The molecule has 1 aromatic carbocycles. The number of carbonyl (C=O) groups is 1. The Morgan fingerprint density at radius 3 is 3.00 bits per heavy atom. The lowest BCUT2D eigenvalue weighted by atomic mass is 10.0. The van der Waals surface area contributed by atoms with E-state index in [1.165, 1.54) is 0 Å². The molecule has 3 nitrogen and oxygen atoms in total. The Kier molecular flexibility index (Phi) is 1.75. The van der Waals surface area contributed by atoms with E-state index >= 15 is 0 Å². The summed E-state index contributed by atoms with van der Waals surface area (Å²) in [6.45, 7) is 0. The molecular formula is C10H8N2O. The fourth-order valence-electron chi connectivity index (χ4n) is 1.57. The third-order valence-electron chi connectivity index (χ3n) is 2.18. The molecule has 0 fully saturated rings. The van der Waals surface area contributed by atoms with Crippen LogP contribution in [0.1, 0.15) is 28.4 Å². The monoisotopic (exact) mass is 172 g/mol.